The normalized spacial score (nSPS) is 17.5. The Balaban J connectivity index is 1.51. The fourth-order valence-electron chi connectivity index (χ4n) is 3.63. The molecule has 0 bridgehead atoms. The number of carbonyl (C=O) groups excluding carboxylic acids is 1. The van der Waals surface area contributed by atoms with Gasteiger partial charge in [0.25, 0.3) is 0 Å². The molecule has 1 unspecified atom stereocenters. The Morgan fingerprint density at radius 2 is 1.90 bits per heavy atom. The van der Waals surface area contributed by atoms with Gasteiger partial charge in [0.15, 0.2) is 0 Å². The van der Waals surface area contributed by atoms with Crippen LogP contribution >= 0.6 is 0 Å². The topological polar surface area (TPSA) is 87.7 Å². The number of rotatable bonds is 8. The number of aryl methyl sites for hydroxylation is 1. The number of nitrogens with zero attached hydrogens (tertiary/aromatic N) is 1. The number of benzene rings is 2. The quantitative estimate of drug-likeness (QED) is 0.671. The molecular formula is C22H29N3O4S. The third-order valence-corrected chi connectivity index (χ3v) is 6.68. The van der Waals surface area contributed by atoms with Crippen molar-refractivity contribution >= 4 is 21.6 Å². The lowest BCUT2D eigenvalue weighted by Crippen LogP contribution is -2.43. The lowest BCUT2D eigenvalue weighted by Gasteiger charge is -2.32. The molecule has 0 aromatic heterocycles. The molecule has 1 fully saturated rings. The van der Waals surface area contributed by atoms with Gasteiger partial charge in [0.2, 0.25) is 15.9 Å². The lowest BCUT2D eigenvalue weighted by atomic mass is 9.98. The lowest BCUT2D eigenvalue weighted by molar-refractivity contribution is -0.117. The van der Waals surface area contributed by atoms with Crippen LogP contribution in [0.25, 0.3) is 0 Å². The van der Waals surface area contributed by atoms with Crippen molar-refractivity contribution in [3.05, 3.63) is 54.1 Å². The van der Waals surface area contributed by atoms with E-state index in [-0.39, 0.29) is 23.3 Å². The summed E-state index contributed by atoms with van der Waals surface area (Å²) in [5.74, 6) is 0.673. The second-order valence-corrected chi connectivity index (χ2v) is 9.42. The van der Waals surface area contributed by atoms with Gasteiger partial charge in [-0.05, 0) is 56.5 Å². The van der Waals surface area contributed by atoms with E-state index in [0.717, 1.165) is 24.9 Å². The van der Waals surface area contributed by atoms with Crippen LogP contribution in [-0.4, -0.2) is 52.5 Å². The minimum atomic E-state index is -3.53. The van der Waals surface area contributed by atoms with Crippen LogP contribution in [0.5, 0.6) is 5.75 Å². The number of methoxy groups -OCH3 is 1. The molecule has 1 amide bonds. The van der Waals surface area contributed by atoms with Gasteiger partial charge in [0.05, 0.1) is 24.2 Å². The van der Waals surface area contributed by atoms with Crippen molar-refractivity contribution in [2.75, 3.05) is 38.6 Å². The molecular weight excluding hydrogens is 402 g/mol. The smallest absolute Gasteiger partial charge is 0.240 e. The van der Waals surface area contributed by atoms with Gasteiger partial charge in [0.1, 0.15) is 5.75 Å². The molecule has 7 nitrogen and oxygen atoms in total. The molecule has 2 N–H and O–H groups in total. The van der Waals surface area contributed by atoms with E-state index in [9.17, 15) is 13.2 Å². The van der Waals surface area contributed by atoms with E-state index in [2.05, 4.69) is 14.9 Å². The van der Waals surface area contributed by atoms with E-state index >= 15 is 0 Å². The molecule has 0 radical (unpaired) electrons. The van der Waals surface area contributed by atoms with Crippen molar-refractivity contribution < 1.29 is 17.9 Å². The summed E-state index contributed by atoms with van der Waals surface area (Å²) in [5, 5.41) is 2.89. The summed E-state index contributed by atoms with van der Waals surface area (Å²) in [5.41, 5.74) is 1.66. The van der Waals surface area contributed by atoms with Gasteiger partial charge >= 0.3 is 0 Å². The first-order chi connectivity index (χ1) is 14.4. The van der Waals surface area contributed by atoms with Gasteiger partial charge in [-0.1, -0.05) is 29.8 Å². The first-order valence-corrected chi connectivity index (χ1v) is 11.6. The Morgan fingerprint density at radius 3 is 2.63 bits per heavy atom. The van der Waals surface area contributed by atoms with Crippen molar-refractivity contribution in [1.82, 2.24) is 9.62 Å². The maximum absolute atomic E-state index is 12.5. The van der Waals surface area contributed by atoms with E-state index in [4.69, 9.17) is 4.74 Å². The van der Waals surface area contributed by atoms with Gasteiger partial charge in [-0.25, -0.2) is 13.1 Å². The summed E-state index contributed by atoms with van der Waals surface area (Å²) >= 11 is 0. The average molecular weight is 432 g/mol. The Morgan fingerprint density at radius 1 is 1.17 bits per heavy atom. The van der Waals surface area contributed by atoms with Crippen molar-refractivity contribution in [1.29, 1.82) is 0 Å². The molecule has 1 aliphatic rings. The van der Waals surface area contributed by atoms with Crippen molar-refractivity contribution in [3.8, 4) is 5.75 Å². The number of para-hydroxylation sites is 2. The standard InChI is InChI=1S/C22H29N3O4S/c1-17-9-11-19(12-10-17)30(27,28)23-14-18-6-5-13-25(15-18)16-22(26)24-20-7-3-4-8-21(20)29-2/h3-4,7-12,18,23H,5-6,13-16H2,1-2H3,(H,24,26). The van der Waals surface area contributed by atoms with E-state index in [1.165, 1.54) is 0 Å². The van der Waals surface area contributed by atoms with Gasteiger partial charge in [-0.2, -0.15) is 0 Å². The fraction of sp³-hybridized carbons (Fsp3) is 0.409. The van der Waals surface area contributed by atoms with Crippen LogP contribution in [0, 0.1) is 12.8 Å². The van der Waals surface area contributed by atoms with Crippen molar-refractivity contribution in [3.63, 3.8) is 0 Å². The summed E-state index contributed by atoms with van der Waals surface area (Å²) in [6.07, 6.45) is 1.86. The van der Waals surface area contributed by atoms with E-state index in [1.54, 1.807) is 43.5 Å². The van der Waals surface area contributed by atoms with Crippen LogP contribution in [0.15, 0.2) is 53.4 Å². The maximum Gasteiger partial charge on any atom is 0.240 e. The zero-order valence-corrected chi connectivity index (χ0v) is 18.2. The van der Waals surface area contributed by atoms with Gasteiger partial charge in [0, 0.05) is 13.1 Å². The molecule has 3 rings (SSSR count). The molecule has 1 saturated heterocycles. The summed E-state index contributed by atoms with van der Waals surface area (Å²) in [7, 11) is -1.96. The predicted molar refractivity (Wildman–Crippen MR) is 117 cm³/mol. The molecule has 2 aromatic carbocycles. The number of likely N-dealkylation sites (tertiary alicyclic amines) is 1. The van der Waals surface area contributed by atoms with Crippen LogP contribution < -0.4 is 14.8 Å². The zero-order valence-electron chi connectivity index (χ0n) is 17.4. The summed E-state index contributed by atoms with van der Waals surface area (Å²) in [6.45, 7) is 4.04. The highest BCUT2D eigenvalue weighted by Gasteiger charge is 2.24. The second kappa shape index (κ2) is 10.1. The van der Waals surface area contributed by atoms with Gasteiger partial charge < -0.3 is 10.1 Å². The number of hydrogen-bond acceptors (Lipinski definition) is 5. The molecule has 162 valence electrons. The number of anilines is 1. The number of hydrogen-bond donors (Lipinski definition) is 2. The van der Waals surface area contributed by atoms with E-state index in [0.29, 0.717) is 24.5 Å². The van der Waals surface area contributed by atoms with Crippen LogP contribution in [-0.2, 0) is 14.8 Å². The van der Waals surface area contributed by atoms with E-state index in [1.807, 2.05) is 19.1 Å². The highest BCUT2D eigenvalue weighted by Crippen LogP contribution is 2.23. The second-order valence-electron chi connectivity index (χ2n) is 7.66. The highest BCUT2D eigenvalue weighted by molar-refractivity contribution is 7.89. The Hall–Kier alpha value is -2.42. The third kappa shape index (κ3) is 6.04. The number of sulfonamides is 1. The molecule has 2 aromatic rings. The molecule has 0 aliphatic carbocycles. The number of carbonyl (C=O) groups is 1. The Kier molecular flexibility index (Phi) is 7.47. The van der Waals surface area contributed by atoms with Crippen LogP contribution in [0.3, 0.4) is 0 Å². The largest absolute Gasteiger partial charge is 0.495 e. The first kappa shape index (κ1) is 22.3. The SMILES string of the molecule is COc1ccccc1NC(=O)CN1CCCC(CNS(=O)(=O)c2ccc(C)cc2)C1. The molecule has 8 heteroatoms. The number of piperidine rings is 1. The Bertz CT molecular complexity index is 961. The number of ether oxygens (including phenoxy) is 1. The maximum atomic E-state index is 12.5. The van der Waals surface area contributed by atoms with E-state index < -0.39 is 10.0 Å². The molecule has 0 saturated carbocycles. The van der Waals surface area contributed by atoms with Crippen LogP contribution in [0.2, 0.25) is 0 Å². The minimum Gasteiger partial charge on any atom is -0.495 e. The first-order valence-electron chi connectivity index (χ1n) is 10.1. The number of nitrogens with one attached hydrogen (secondary N) is 2. The summed E-state index contributed by atoms with van der Waals surface area (Å²) in [6, 6.07) is 14.1. The van der Waals surface area contributed by atoms with Crippen molar-refractivity contribution in [2.24, 2.45) is 5.92 Å². The van der Waals surface area contributed by atoms with Crippen LogP contribution in [0.1, 0.15) is 18.4 Å². The number of amides is 1. The monoisotopic (exact) mass is 431 g/mol. The van der Waals surface area contributed by atoms with Gasteiger partial charge in [-0.15, -0.1) is 0 Å². The van der Waals surface area contributed by atoms with Crippen LogP contribution in [0.4, 0.5) is 5.69 Å². The molecule has 1 heterocycles. The minimum absolute atomic E-state index is 0.111. The molecule has 1 atom stereocenters. The highest BCUT2D eigenvalue weighted by atomic mass is 32.2. The predicted octanol–water partition coefficient (Wildman–Crippen LogP) is 2.63. The third-order valence-electron chi connectivity index (χ3n) is 5.24. The molecule has 30 heavy (non-hydrogen) atoms. The zero-order chi connectivity index (χ0) is 21.6. The Labute approximate surface area is 178 Å². The average Bonchev–Trinajstić information content (AvgIpc) is 2.73. The van der Waals surface area contributed by atoms with Crippen molar-refractivity contribution in [2.45, 2.75) is 24.7 Å². The molecule has 1 aliphatic heterocycles. The fourth-order valence-corrected chi connectivity index (χ4v) is 4.75. The summed E-state index contributed by atoms with van der Waals surface area (Å²) < 4.78 is 33.0. The summed E-state index contributed by atoms with van der Waals surface area (Å²) in [4.78, 5) is 14.8. The molecule has 0 spiro atoms. The van der Waals surface area contributed by atoms with Gasteiger partial charge in [-0.3, -0.25) is 9.69 Å².